The monoisotopic (exact) mass is 226 g/mol. The van der Waals surface area contributed by atoms with Crippen LogP contribution in [-0.2, 0) is 0 Å². The molecule has 0 bridgehead atoms. The molecule has 1 saturated heterocycles. The summed E-state index contributed by atoms with van der Waals surface area (Å²) in [6.45, 7) is 12.0. The van der Waals surface area contributed by atoms with Crippen LogP contribution in [0.5, 0.6) is 0 Å². The van der Waals surface area contributed by atoms with Gasteiger partial charge in [-0.3, -0.25) is 0 Å². The average Bonchev–Trinajstić information content (AvgIpc) is 2.25. The molecule has 96 valence electrons. The third kappa shape index (κ3) is 4.06. The first-order valence-electron chi connectivity index (χ1n) is 6.96. The van der Waals surface area contributed by atoms with E-state index in [1.807, 2.05) is 0 Å². The molecule has 0 aromatic carbocycles. The van der Waals surface area contributed by atoms with E-state index in [4.69, 9.17) is 0 Å². The molecule has 3 unspecified atom stereocenters. The molecule has 16 heavy (non-hydrogen) atoms. The second kappa shape index (κ2) is 6.61. The maximum absolute atomic E-state index is 3.44. The van der Waals surface area contributed by atoms with Gasteiger partial charge in [0.15, 0.2) is 0 Å². The summed E-state index contributed by atoms with van der Waals surface area (Å²) in [4.78, 5) is 2.68. The fourth-order valence-corrected chi connectivity index (χ4v) is 2.76. The summed E-state index contributed by atoms with van der Waals surface area (Å²) >= 11 is 0. The molecule has 1 aliphatic rings. The Morgan fingerprint density at radius 1 is 1.25 bits per heavy atom. The molecule has 1 aliphatic heterocycles. The number of nitrogens with one attached hydrogen (secondary N) is 1. The van der Waals surface area contributed by atoms with Gasteiger partial charge in [-0.05, 0) is 51.6 Å². The quantitative estimate of drug-likeness (QED) is 0.775. The number of likely N-dealkylation sites (tertiary alicyclic amines) is 1. The van der Waals surface area contributed by atoms with E-state index in [0.717, 1.165) is 23.9 Å². The lowest BCUT2D eigenvalue weighted by molar-refractivity contribution is 0.107. The third-order valence-electron chi connectivity index (χ3n) is 4.09. The Bertz CT molecular complexity index is 191. The number of hydrogen-bond acceptors (Lipinski definition) is 2. The Hall–Kier alpha value is -0.0800. The summed E-state index contributed by atoms with van der Waals surface area (Å²) in [7, 11) is 2.10. The highest BCUT2D eigenvalue weighted by molar-refractivity contribution is 4.84. The Morgan fingerprint density at radius 2 is 1.94 bits per heavy atom. The SMILES string of the molecule is CNC1CCN(C(C)CCC(C)C)CC1C. The zero-order valence-corrected chi connectivity index (χ0v) is 11.8. The van der Waals surface area contributed by atoms with Crippen LogP contribution in [0.3, 0.4) is 0 Å². The van der Waals surface area contributed by atoms with E-state index in [0.29, 0.717) is 0 Å². The van der Waals surface area contributed by atoms with Gasteiger partial charge in [0.25, 0.3) is 0 Å². The van der Waals surface area contributed by atoms with Gasteiger partial charge in [0.05, 0.1) is 0 Å². The van der Waals surface area contributed by atoms with Gasteiger partial charge in [0, 0.05) is 18.6 Å². The Morgan fingerprint density at radius 3 is 2.44 bits per heavy atom. The number of piperidine rings is 1. The molecule has 2 nitrogen and oxygen atoms in total. The maximum Gasteiger partial charge on any atom is 0.0114 e. The lowest BCUT2D eigenvalue weighted by atomic mass is 9.92. The van der Waals surface area contributed by atoms with Crippen LogP contribution in [0, 0.1) is 11.8 Å². The molecular formula is C14H30N2. The molecule has 0 aromatic heterocycles. The van der Waals surface area contributed by atoms with E-state index in [1.54, 1.807) is 0 Å². The van der Waals surface area contributed by atoms with E-state index >= 15 is 0 Å². The van der Waals surface area contributed by atoms with Crippen molar-refractivity contribution in [2.75, 3.05) is 20.1 Å². The predicted molar refractivity (Wildman–Crippen MR) is 71.7 cm³/mol. The van der Waals surface area contributed by atoms with E-state index in [1.165, 1.54) is 32.4 Å². The van der Waals surface area contributed by atoms with Gasteiger partial charge < -0.3 is 10.2 Å². The molecule has 1 N–H and O–H groups in total. The standard InChI is InChI=1S/C14H30N2/c1-11(2)6-7-13(4)16-9-8-14(15-5)12(3)10-16/h11-15H,6-10H2,1-5H3. The minimum absolute atomic E-state index is 0.730. The van der Waals surface area contributed by atoms with Gasteiger partial charge in [0.2, 0.25) is 0 Å². The molecule has 0 aromatic rings. The maximum atomic E-state index is 3.44. The highest BCUT2D eigenvalue weighted by atomic mass is 15.2. The summed E-state index contributed by atoms with van der Waals surface area (Å²) < 4.78 is 0. The highest BCUT2D eigenvalue weighted by Gasteiger charge is 2.27. The number of hydrogen-bond donors (Lipinski definition) is 1. The van der Waals surface area contributed by atoms with Crippen molar-refractivity contribution in [2.45, 2.75) is 59.0 Å². The fraction of sp³-hybridized carbons (Fsp3) is 1.00. The van der Waals surface area contributed by atoms with Crippen molar-refractivity contribution in [3.05, 3.63) is 0 Å². The molecule has 0 aliphatic carbocycles. The average molecular weight is 226 g/mol. The number of rotatable bonds is 5. The lowest BCUT2D eigenvalue weighted by Crippen LogP contribution is -2.50. The van der Waals surface area contributed by atoms with Crippen molar-refractivity contribution < 1.29 is 0 Å². The van der Waals surface area contributed by atoms with Crippen molar-refractivity contribution >= 4 is 0 Å². The predicted octanol–water partition coefficient (Wildman–Crippen LogP) is 2.74. The highest BCUT2D eigenvalue weighted by Crippen LogP contribution is 2.21. The topological polar surface area (TPSA) is 15.3 Å². The van der Waals surface area contributed by atoms with Crippen LogP contribution in [0.15, 0.2) is 0 Å². The van der Waals surface area contributed by atoms with Gasteiger partial charge in [0.1, 0.15) is 0 Å². The largest absolute Gasteiger partial charge is 0.317 e. The van der Waals surface area contributed by atoms with Crippen molar-refractivity contribution in [3.63, 3.8) is 0 Å². The van der Waals surface area contributed by atoms with Crippen LogP contribution in [0.2, 0.25) is 0 Å². The minimum Gasteiger partial charge on any atom is -0.317 e. The normalized spacial score (nSPS) is 29.6. The molecule has 0 amide bonds. The number of nitrogens with zero attached hydrogens (tertiary/aromatic N) is 1. The van der Waals surface area contributed by atoms with Crippen LogP contribution in [-0.4, -0.2) is 37.1 Å². The molecule has 1 heterocycles. The van der Waals surface area contributed by atoms with E-state index in [9.17, 15) is 0 Å². The van der Waals surface area contributed by atoms with E-state index < -0.39 is 0 Å². The Kier molecular flexibility index (Phi) is 5.77. The molecular weight excluding hydrogens is 196 g/mol. The molecule has 0 saturated carbocycles. The summed E-state index contributed by atoms with van der Waals surface area (Å²) in [6.07, 6.45) is 4.03. The first-order chi connectivity index (χ1) is 7.54. The van der Waals surface area contributed by atoms with Crippen LogP contribution in [0.1, 0.15) is 47.0 Å². The van der Waals surface area contributed by atoms with Crippen LogP contribution in [0.4, 0.5) is 0 Å². The van der Waals surface area contributed by atoms with Gasteiger partial charge in [-0.2, -0.15) is 0 Å². The van der Waals surface area contributed by atoms with Gasteiger partial charge >= 0.3 is 0 Å². The summed E-state index contributed by atoms with van der Waals surface area (Å²) in [5.41, 5.74) is 0. The minimum atomic E-state index is 0.730. The summed E-state index contributed by atoms with van der Waals surface area (Å²) in [5.74, 6) is 1.63. The van der Waals surface area contributed by atoms with E-state index in [2.05, 4.69) is 45.0 Å². The third-order valence-corrected chi connectivity index (χ3v) is 4.09. The lowest BCUT2D eigenvalue weighted by Gasteiger charge is -2.40. The Balaban J connectivity index is 2.33. The van der Waals surface area contributed by atoms with Crippen molar-refractivity contribution in [2.24, 2.45) is 11.8 Å². The van der Waals surface area contributed by atoms with Crippen molar-refractivity contribution in [1.29, 1.82) is 0 Å². The zero-order valence-electron chi connectivity index (χ0n) is 11.8. The molecule has 0 radical (unpaired) electrons. The van der Waals surface area contributed by atoms with Gasteiger partial charge in [-0.15, -0.1) is 0 Å². The Labute approximate surface area is 102 Å². The molecule has 0 spiro atoms. The second-order valence-corrected chi connectivity index (χ2v) is 5.98. The molecule has 2 heteroatoms. The van der Waals surface area contributed by atoms with Crippen molar-refractivity contribution in [1.82, 2.24) is 10.2 Å². The fourth-order valence-electron chi connectivity index (χ4n) is 2.76. The van der Waals surface area contributed by atoms with E-state index in [-0.39, 0.29) is 0 Å². The summed E-state index contributed by atoms with van der Waals surface area (Å²) in [6, 6.07) is 1.50. The smallest absolute Gasteiger partial charge is 0.0114 e. The van der Waals surface area contributed by atoms with Gasteiger partial charge in [-0.1, -0.05) is 20.8 Å². The zero-order chi connectivity index (χ0) is 12.1. The second-order valence-electron chi connectivity index (χ2n) is 5.98. The van der Waals surface area contributed by atoms with Crippen LogP contribution < -0.4 is 5.32 Å². The first-order valence-corrected chi connectivity index (χ1v) is 6.96. The molecule has 3 atom stereocenters. The van der Waals surface area contributed by atoms with Crippen LogP contribution in [0.25, 0.3) is 0 Å². The van der Waals surface area contributed by atoms with Gasteiger partial charge in [-0.25, -0.2) is 0 Å². The molecule has 1 fully saturated rings. The van der Waals surface area contributed by atoms with Crippen LogP contribution >= 0.6 is 0 Å². The molecule has 1 rings (SSSR count). The van der Waals surface area contributed by atoms with Crippen molar-refractivity contribution in [3.8, 4) is 0 Å². The first kappa shape index (κ1) is 14.0. The summed E-state index contributed by atoms with van der Waals surface area (Å²) in [5, 5.41) is 3.44.